The summed E-state index contributed by atoms with van der Waals surface area (Å²) in [6.45, 7) is 4.82. The lowest BCUT2D eigenvalue weighted by Crippen LogP contribution is -2.33. The minimum absolute atomic E-state index is 0.104. The SMILES string of the molecule is CCN(CCOC)S(=O)(=O)c1ccc(C(C)N)cc1. The molecule has 0 heterocycles. The largest absolute Gasteiger partial charge is 0.383 e. The van der Waals surface area contributed by atoms with Gasteiger partial charge in [-0.15, -0.1) is 0 Å². The maximum atomic E-state index is 12.4. The molecule has 0 amide bonds. The zero-order valence-electron chi connectivity index (χ0n) is 11.7. The summed E-state index contributed by atoms with van der Waals surface area (Å²) in [5, 5.41) is 0. The van der Waals surface area contributed by atoms with Crippen LogP contribution in [0.4, 0.5) is 0 Å². The molecule has 0 bridgehead atoms. The number of hydrogen-bond acceptors (Lipinski definition) is 4. The molecular weight excluding hydrogens is 264 g/mol. The van der Waals surface area contributed by atoms with Crippen molar-refractivity contribution < 1.29 is 13.2 Å². The minimum atomic E-state index is -3.45. The van der Waals surface area contributed by atoms with Crippen molar-refractivity contribution in [2.75, 3.05) is 26.8 Å². The van der Waals surface area contributed by atoms with Crippen molar-refractivity contribution in [3.05, 3.63) is 29.8 Å². The molecule has 0 saturated heterocycles. The van der Waals surface area contributed by atoms with Gasteiger partial charge in [-0.1, -0.05) is 19.1 Å². The van der Waals surface area contributed by atoms with Crippen molar-refractivity contribution in [3.8, 4) is 0 Å². The molecule has 0 fully saturated rings. The van der Waals surface area contributed by atoms with Gasteiger partial charge in [0.1, 0.15) is 0 Å². The standard InChI is InChI=1S/C13H22N2O3S/c1-4-15(9-10-18-3)19(16,17)13-7-5-12(6-8-13)11(2)14/h5-8,11H,4,9-10,14H2,1-3H3. The Balaban J connectivity index is 2.98. The first-order chi connectivity index (χ1) is 8.93. The summed E-state index contributed by atoms with van der Waals surface area (Å²) in [4.78, 5) is 0.287. The molecule has 0 spiro atoms. The van der Waals surface area contributed by atoms with E-state index >= 15 is 0 Å². The summed E-state index contributed by atoms with van der Waals surface area (Å²) in [5.74, 6) is 0. The van der Waals surface area contributed by atoms with Gasteiger partial charge in [-0.3, -0.25) is 0 Å². The number of methoxy groups -OCH3 is 1. The zero-order chi connectivity index (χ0) is 14.5. The highest BCUT2D eigenvalue weighted by molar-refractivity contribution is 7.89. The Kier molecular flexibility index (Phi) is 5.93. The Hall–Kier alpha value is -0.950. The number of benzene rings is 1. The fourth-order valence-electron chi connectivity index (χ4n) is 1.73. The zero-order valence-corrected chi connectivity index (χ0v) is 12.5. The van der Waals surface area contributed by atoms with Crippen molar-refractivity contribution in [3.63, 3.8) is 0 Å². The maximum absolute atomic E-state index is 12.4. The van der Waals surface area contributed by atoms with Crippen molar-refractivity contribution in [2.45, 2.75) is 24.8 Å². The second-order valence-corrected chi connectivity index (χ2v) is 6.29. The van der Waals surface area contributed by atoms with Crippen LogP contribution < -0.4 is 5.73 Å². The smallest absolute Gasteiger partial charge is 0.243 e. The molecule has 1 atom stereocenters. The van der Waals surface area contributed by atoms with Crippen LogP contribution in [0.5, 0.6) is 0 Å². The fourth-order valence-corrected chi connectivity index (χ4v) is 3.17. The van der Waals surface area contributed by atoms with E-state index < -0.39 is 10.0 Å². The first kappa shape index (κ1) is 16.1. The molecule has 0 aliphatic rings. The molecule has 2 N–H and O–H groups in total. The van der Waals surface area contributed by atoms with E-state index in [1.165, 1.54) is 4.31 Å². The highest BCUT2D eigenvalue weighted by Crippen LogP contribution is 2.18. The lowest BCUT2D eigenvalue weighted by atomic mass is 10.1. The van der Waals surface area contributed by atoms with Crippen LogP contribution in [0.3, 0.4) is 0 Å². The monoisotopic (exact) mass is 286 g/mol. The molecule has 0 aliphatic heterocycles. The molecule has 1 unspecified atom stereocenters. The predicted molar refractivity (Wildman–Crippen MR) is 75.4 cm³/mol. The molecule has 108 valence electrons. The van der Waals surface area contributed by atoms with Gasteiger partial charge in [-0.25, -0.2) is 8.42 Å². The van der Waals surface area contributed by atoms with E-state index in [1.54, 1.807) is 31.4 Å². The summed E-state index contributed by atoms with van der Waals surface area (Å²) >= 11 is 0. The number of sulfonamides is 1. The van der Waals surface area contributed by atoms with Crippen LogP contribution in [-0.4, -0.2) is 39.5 Å². The highest BCUT2D eigenvalue weighted by Gasteiger charge is 2.22. The molecule has 1 aromatic carbocycles. The van der Waals surface area contributed by atoms with Gasteiger partial charge in [-0.05, 0) is 24.6 Å². The number of ether oxygens (including phenoxy) is 1. The van der Waals surface area contributed by atoms with Crippen molar-refractivity contribution >= 4 is 10.0 Å². The first-order valence-corrected chi connectivity index (χ1v) is 7.72. The van der Waals surface area contributed by atoms with Gasteiger partial charge < -0.3 is 10.5 Å². The third kappa shape index (κ3) is 4.01. The van der Waals surface area contributed by atoms with Gasteiger partial charge in [0.25, 0.3) is 0 Å². The quantitative estimate of drug-likeness (QED) is 0.821. The van der Waals surface area contributed by atoms with E-state index in [9.17, 15) is 8.42 Å². The predicted octanol–water partition coefficient (Wildman–Crippen LogP) is 1.36. The normalized spacial score (nSPS) is 13.7. The Morgan fingerprint density at radius 2 is 1.89 bits per heavy atom. The Labute approximate surface area is 115 Å². The van der Waals surface area contributed by atoms with E-state index in [4.69, 9.17) is 10.5 Å². The third-order valence-electron chi connectivity index (χ3n) is 2.94. The lowest BCUT2D eigenvalue weighted by molar-refractivity contribution is 0.180. The molecule has 1 aromatic rings. The highest BCUT2D eigenvalue weighted by atomic mass is 32.2. The van der Waals surface area contributed by atoms with Crippen LogP contribution in [0.15, 0.2) is 29.2 Å². The number of nitrogens with two attached hydrogens (primary N) is 1. The molecule has 0 saturated carbocycles. The van der Waals surface area contributed by atoms with Crippen LogP contribution in [-0.2, 0) is 14.8 Å². The van der Waals surface area contributed by atoms with Gasteiger partial charge in [0.2, 0.25) is 10.0 Å². The van der Waals surface area contributed by atoms with Crippen LogP contribution in [0.1, 0.15) is 25.5 Å². The average Bonchev–Trinajstić information content (AvgIpc) is 2.39. The van der Waals surface area contributed by atoms with Gasteiger partial charge in [0.15, 0.2) is 0 Å². The van der Waals surface area contributed by atoms with Crippen molar-refractivity contribution in [1.82, 2.24) is 4.31 Å². The number of rotatable bonds is 7. The Morgan fingerprint density at radius 1 is 1.32 bits per heavy atom. The van der Waals surface area contributed by atoms with E-state index in [-0.39, 0.29) is 10.9 Å². The summed E-state index contributed by atoms with van der Waals surface area (Å²) in [7, 11) is -1.90. The van der Waals surface area contributed by atoms with Crippen LogP contribution in [0.2, 0.25) is 0 Å². The summed E-state index contributed by atoms with van der Waals surface area (Å²) in [6.07, 6.45) is 0. The van der Waals surface area contributed by atoms with Crippen LogP contribution in [0.25, 0.3) is 0 Å². The third-order valence-corrected chi connectivity index (χ3v) is 4.93. The van der Waals surface area contributed by atoms with E-state index in [2.05, 4.69) is 0 Å². The molecule has 0 radical (unpaired) electrons. The number of likely N-dealkylation sites (N-methyl/N-ethyl adjacent to an activating group) is 1. The Bertz CT molecular complexity index is 483. The minimum Gasteiger partial charge on any atom is -0.383 e. The van der Waals surface area contributed by atoms with Crippen LogP contribution >= 0.6 is 0 Å². The van der Waals surface area contributed by atoms with Crippen LogP contribution in [0, 0.1) is 0 Å². The van der Waals surface area contributed by atoms with Gasteiger partial charge in [0, 0.05) is 26.2 Å². The molecule has 6 heteroatoms. The summed E-state index contributed by atoms with van der Waals surface area (Å²) < 4.78 is 31.1. The summed E-state index contributed by atoms with van der Waals surface area (Å²) in [6, 6.07) is 6.60. The van der Waals surface area contributed by atoms with Gasteiger partial charge in [0.05, 0.1) is 11.5 Å². The Morgan fingerprint density at radius 3 is 2.32 bits per heavy atom. The average molecular weight is 286 g/mol. The molecule has 0 aliphatic carbocycles. The van der Waals surface area contributed by atoms with Gasteiger partial charge >= 0.3 is 0 Å². The van der Waals surface area contributed by atoms with Crippen molar-refractivity contribution in [1.29, 1.82) is 0 Å². The molecule has 19 heavy (non-hydrogen) atoms. The second kappa shape index (κ2) is 7.00. The van der Waals surface area contributed by atoms with E-state index in [0.717, 1.165) is 5.56 Å². The number of nitrogens with zero attached hydrogens (tertiary/aromatic N) is 1. The van der Waals surface area contributed by atoms with Crippen molar-refractivity contribution in [2.24, 2.45) is 5.73 Å². The topological polar surface area (TPSA) is 72.6 Å². The molecule has 0 aromatic heterocycles. The first-order valence-electron chi connectivity index (χ1n) is 6.28. The molecular formula is C13H22N2O3S. The molecule has 1 rings (SSSR count). The summed E-state index contributed by atoms with van der Waals surface area (Å²) in [5.41, 5.74) is 6.66. The van der Waals surface area contributed by atoms with E-state index in [1.807, 2.05) is 13.8 Å². The molecule has 5 nitrogen and oxygen atoms in total. The maximum Gasteiger partial charge on any atom is 0.243 e. The number of hydrogen-bond donors (Lipinski definition) is 1. The van der Waals surface area contributed by atoms with Gasteiger partial charge in [-0.2, -0.15) is 4.31 Å². The fraction of sp³-hybridized carbons (Fsp3) is 0.538. The second-order valence-electron chi connectivity index (χ2n) is 4.35. The lowest BCUT2D eigenvalue weighted by Gasteiger charge is -2.20. The van der Waals surface area contributed by atoms with E-state index in [0.29, 0.717) is 19.7 Å².